The second-order valence-corrected chi connectivity index (χ2v) is 7.01. The van der Waals surface area contributed by atoms with E-state index in [1.807, 2.05) is 6.92 Å². The number of carbonyl (C=O) groups is 5. The smallest absolute Gasteiger partial charge is 0.372 e. The normalized spacial score (nSPS) is 11.4. The third-order valence-corrected chi connectivity index (χ3v) is 4.44. The maximum atomic E-state index is 12.6. The van der Waals surface area contributed by atoms with E-state index in [-0.39, 0.29) is 36.6 Å². The van der Waals surface area contributed by atoms with E-state index >= 15 is 0 Å². The summed E-state index contributed by atoms with van der Waals surface area (Å²) in [5, 5.41) is 32.4. The molecule has 176 valence electrons. The first-order valence-corrected chi connectivity index (χ1v) is 10.1. The van der Waals surface area contributed by atoms with E-state index < -0.39 is 36.3 Å². The minimum absolute atomic E-state index is 0.0518. The zero-order valence-electron chi connectivity index (χ0n) is 17.8. The summed E-state index contributed by atoms with van der Waals surface area (Å²) in [5.41, 5.74) is 0.197. The van der Waals surface area contributed by atoms with Crippen molar-refractivity contribution in [2.75, 3.05) is 19.7 Å². The molecule has 0 fully saturated rings. The summed E-state index contributed by atoms with van der Waals surface area (Å²) in [6, 6.07) is 3.25. The average molecular weight is 452 g/mol. The Labute approximate surface area is 184 Å². The van der Waals surface area contributed by atoms with E-state index in [2.05, 4.69) is 10.6 Å². The molecule has 0 aliphatic heterocycles. The Morgan fingerprint density at radius 1 is 1.03 bits per heavy atom. The van der Waals surface area contributed by atoms with Gasteiger partial charge >= 0.3 is 17.9 Å². The fourth-order valence-corrected chi connectivity index (χ4v) is 2.81. The SMILES string of the molecule is CCCCCNC(=O)C(Cc1ccc(OCC(=O)O)c(C(=O)O)c1)NCCC(=O)C(=O)O. The summed E-state index contributed by atoms with van der Waals surface area (Å²) in [7, 11) is 0. The van der Waals surface area contributed by atoms with Gasteiger partial charge in [-0.25, -0.2) is 14.4 Å². The molecule has 0 spiro atoms. The molecule has 0 aliphatic carbocycles. The van der Waals surface area contributed by atoms with Crippen LogP contribution in [0.2, 0.25) is 0 Å². The number of ketones is 1. The van der Waals surface area contributed by atoms with Crippen LogP contribution in [0.4, 0.5) is 0 Å². The molecule has 1 unspecified atom stereocenters. The molecule has 1 aromatic rings. The van der Waals surface area contributed by atoms with Crippen LogP contribution < -0.4 is 15.4 Å². The summed E-state index contributed by atoms with van der Waals surface area (Å²) in [5.74, 6) is -5.63. The van der Waals surface area contributed by atoms with Gasteiger partial charge in [-0.3, -0.25) is 9.59 Å². The number of hydrogen-bond acceptors (Lipinski definition) is 7. The molecular weight excluding hydrogens is 424 g/mol. The van der Waals surface area contributed by atoms with E-state index in [9.17, 15) is 29.1 Å². The number of carboxylic acid groups (broad SMARTS) is 3. The fourth-order valence-electron chi connectivity index (χ4n) is 2.81. The van der Waals surface area contributed by atoms with Crippen molar-refractivity contribution in [3.8, 4) is 5.75 Å². The van der Waals surface area contributed by atoms with Crippen molar-refractivity contribution < 1.29 is 44.0 Å². The topological polar surface area (TPSA) is 179 Å². The Morgan fingerprint density at radius 3 is 2.34 bits per heavy atom. The summed E-state index contributed by atoms with van der Waals surface area (Å²) >= 11 is 0. The van der Waals surface area contributed by atoms with Crippen LogP contribution in [0.5, 0.6) is 5.75 Å². The van der Waals surface area contributed by atoms with E-state index in [4.69, 9.17) is 14.9 Å². The number of hydrogen-bond donors (Lipinski definition) is 5. The van der Waals surface area contributed by atoms with Crippen molar-refractivity contribution in [2.24, 2.45) is 0 Å². The molecule has 1 amide bonds. The van der Waals surface area contributed by atoms with Gasteiger partial charge in [-0.2, -0.15) is 0 Å². The largest absolute Gasteiger partial charge is 0.481 e. The number of aromatic carboxylic acids is 1. The van der Waals surface area contributed by atoms with E-state index in [0.29, 0.717) is 12.1 Å². The Hall–Kier alpha value is -3.47. The van der Waals surface area contributed by atoms with Crippen LogP contribution >= 0.6 is 0 Å². The minimum Gasteiger partial charge on any atom is -0.481 e. The number of carbonyl (C=O) groups excluding carboxylic acids is 2. The lowest BCUT2D eigenvalue weighted by molar-refractivity contribution is -0.149. The van der Waals surface area contributed by atoms with E-state index in [1.54, 1.807) is 0 Å². The molecule has 0 aromatic heterocycles. The molecule has 5 N–H and O–H groups in total. The van der Waals surface area contributed by atoms with Gasteiger partial charge in [0.2, 0.25) is 11.7 Å². The maximum absolute atomic E-state index is 12.6. The predicted molar refractivity (Wildman–Crippen MR) is 112 cm³/mol. The summed E-state index contributed by atoms with van der Waals surface area (Å²) < 4.78 is 4.99. The number of Topliss-reactive ketones (excluding diaryl/α,β-unsaturated/α-hetero) is 1. The molecule has 32 heavy (non-hydrogen) atoms. The number of rotatable bonds is 16. The molecule has 0 heterocycles. The highest BCUT2D eigenvalue weighted by Gasteiger charge is 2.21. The predicted octanol–water partition coefficient (Wildman–Crippen LogP) is 0.699. The molecule has 0 saturated heterocycles. The molecule has 11 heteroatoms. The highest BCUT2D eigenvalue weighted by atomic mass is 16.5. The molecule has 1 rings (SSSR count). The summed E-state index contributed by atoms with van der Waals surface area (Å²) in [6.45, 7) is 1.71. The number of carboxylic acids is 3. The van der Waals surface area contributed by atoms with E-state index in [1.165, 1.54) is 18.2 Å². The van der Waals surface area contributed by atoms with Crippen molar-refractivity contribution in [3.05, 3.63) is 29.3 Å². The van der Waals surface area contributed by atoms with Gasteiger partial charge in [-0.1, -0.05) is 25.8 Å². The number of aliphatic carboxylic acids is 2. The molecule has 0 radical (unpaired) electrons. The lowest BCUT2D eigenvalue weighted by Crippen LogP contribution is -2.46. The van der Waals surface area contributed by atoms with Crippen LogP contribution in [0.3, 0.4) is 0 Å². The maximum Gasteiger partial charge on any atom is 0.372 e. The Bertz CT molecular complexity index is 839. The van der Waals surface area contributed by atoms with Crippen LogP contribution in [-0.2, 0) is 25.6 Å². The molecule has 0 aliphatic rings. The third kappa shape index (κ3) is 9.56. The summed E-state index contributed by atoms with van der Waals surface area (Å²) in [4.78, 5) is 56.8. The quantitative estimate of drug-likeness (QED) is 0.177. The van der Waals surface area contributed by atoms with Gasteiger partial charge in [-0.05, 0) is 30.5 Å². The van der Waals surface area contributed by atoms with Gasteiger partial charge < -0.3 is 30.7 Å². The Kier molecular flexibility index (Phi) is 11.4. The Morgan fingerprint density at radius 2 is 1.75 bits per heavy atom. The number of amides is 1. The first-order valence-electron chi connectivity index (χ1n) is 10.1. The third-order valence-electron chi connectivity index (χ3n) is 4.44. The van der Waals surface area contributed by atoms with Crippen molar-refractivity contribution in [1.82, 2.24) is 10.6 Å². The van der Waals surface area contributed by atoms with Crippen LogP contribution in [0, 0.1) is 0 Å². The van der Waals surface area contributed by atoms with Gasteiger partial charge in [0.25, 0.3) is 0 Å². The van der Waals surface area contributed by atoms with Crippen LogP contribution in [0.1, 0.15) is 48.5 Å². The van der Waals surface area contributed by atoms with Crippen molar-refractivity contribution >= 4 is 29.6 Å². The molecule has 1 atom stereocenters. The monoisotopic (exact) mass is 452 g/mol. The standard InChI is InChI=1S/C21H28N2O9/c1-2-3-4-8-23-19(27)15(22-9-7-16(24)21(30)31)11-13-5-6-17(32-12-18(25)26)14(10-13)20(28)29/h5-6,10,15,22H,2-4,7-9,11-12H2,1H3,(H,23,27)(H,25,26)(H,28,29)(H,30,31). The molecule has 1 aromatic carbocycles. The molecule has 0 saturated carbocycles. The lowest BCUT2D eigenvalue weighted by Gasteiger charge is -2.19. The van der Waals surface area contributed by atoms with Crippen molar-refractivity contribution in [2.45, 2.75) is 45.1 Å². The van der Waals surface area contributed by atoms with Crippen LogP contribution in [0.15, 0.2) is 18.2 Å². The van der Waals surface area contributed by atoms with Crippen LogP contribution in [0.25, 0.3) is 0 Å². The first kappa shape index (κ1) is 26.6. The number of unbranched alkanes of at least 4 members (excludes halogenated alkanes) is 2. The zero-order valence-corrected chi connectivity index (χ0v) is 17.8. The van der Waals surface area contributed by atoms with Gasteiger partial charge in [0.1, 0.15) is 11.3 Å². The first-order chi connectivity index (χ1) is 15.1. The minimum atomic E-state index is -1.56. The molecule has 11 nitrogen and oxygen atoms in total. The second kappa shape index (κ2) is 13.8. The molecular formula is C21H28N2O9. The fraction of sp³-hybridized carbons (Fsp3) is 0.476. The van der Waals surface area contributed by atoms with Crippen molar-refractivity contribution in [1.29, 1.82) is 0 Å². The second-order valence-electron chi connectivity index (χ2n) is 7.01. The van der Waals surface area contributed by atoms with Crippen LogP contribution in [-0.4, -0.2) is 70.7 Å². The van der Waals surface area contributed by atoms with Gasteiger partial charge in [-0.15, -0.1) is 0 Å². The van der Waals surface area contributed by atoms with E-state index in [0.717, 1.165) is 19.3 Å². The lowest BCUT2D eigenvalue weighted by atomic mass is 10.0. The average Bonchev–Trinajstić information content (AvgIpc) is 2.74. The Balaban J connectivity index is 2.95. The summed E-state index contributed by atoms with van der Waals surface area (Å²) in [6.07, 6.45) is 2.44. The number of benzene rings is 1. The van der Waals surface area contributed by atoms with Gasteiger partial charge in [0.05, 0.1) is 6.04 Å². The highest BCUT2D eigenvalue weighted by Crippen LogP contribution is 2.21. The highest BCUT2D eigenvalue weighted by molar-refractivity contribution is 6.32. The molecule has 0 bridgehead atoms. The number of ether oxygens (including phenoxy) is 1. The zero-order chi connectivity index (χ0) is 24.1. The van der Waals surface area contributed by atoms with Gasteiger partial charge in [0, 0.05) is 19.5 Å². The number of nitrogens with one attached hydrogen (secondary N) is 2. The van der Waals surface area contributed by atoms with Gasteiger partial charge in [0.15, 0.2) is 6.61 Å². The van der Waals surface area contributed by atoms with Crippen molar-refractivity contribution in [3.63, 3.8) is 0 Å².